The minimum absolute atomic E-state index is 0.139. The third-order valence-electron chi connectivity index (χ3n) is 3.81. The van der Waals surface area contributed by atoms with Crippen LogP contribution in [0.1, 0.15) is 13.8 Å². The van der Waals surface area contributed by atoms with Crippen LogP contribution in [0.4, 0.5) is 11.5 Å². The number of thiazole rings is 1. The molecule has 0 aliphatic rings. The minimum atomic E-state index is -0.181. The lowest BCUT2D eigenvalue weighted by Crippen LogP contribution is -2.18. The summed E-state index contributed by atoms with van der Waals surface area (Å²) in [5.74, 6) is 2.72. The second kappa shape index (κ2) is 12.3. The number of hydrogen-bond acceptors (Lipinski definition) is 8. The summed E-state index contributed by atoms with van der Waals surface area (Å²) < 4.78 is 2.11. The van der Waals surface area contributed by atoms with Gasteiger partial charge >= 0.3 is 0 Å². The summed E-state index contributed by atoms with van der Waals surface area (Å²) in [5, 5.41) is 6.24. The van der Waals surface area contributed by atoms with Gasteiger partial charge in [0.05, 0.1) is 21.7 Å². The van der Waals surface area contributed by atoms with E-state index >= 15 is 0 Å². The lowest BCUT2D eigenvalue weighted by molar-refractivity contribution is -0.114. The molecule has 0 saturated carbocycles. The smallest absolute Gasteiger partial charge is 0.235 e. The fourth-order valence-electron chi connectivity index (χ4n) is 2.50. The van der Waals surface area contributed by atoms with Gasteiger partial charge in [-0.1, -0.05) is 31.7 Å². The Kier molecular flexibility index (Phi) is 9.51. The van der Waals surface area contributed by atoms with E-state index in [0.29, 0.717) is 11.1 Å². The highest BCUT2D eigenvalue weighted by molar-refractivity contribution is 8.04. The Morgan fingerprint density at radius 3 is 2.61 bits per heavy atom. The van der Waals surface area contributed by atoms with Gasteiger partial charge < -0.3 is 10.6 Å². The fourth-order valence-corrected chi connectivity index (χ4v) is 6.14. The molecular formula is C21H24N4O2S4. The number of nitrogens with zero attached hydrogens (tertiary/aromatic N) is 2. The first-order chi connectivity index (χ1) is 15.0. The molecule has 0 spiro atoms. The van der Waals surface area contributed by atoms with E-state index in [4.69, 9.17) is 0 Å². The SMILES string of the molecule is CC(C)SCCSc1nc2ccc(NC(=O)CSCC(=O)Nc3ccccn3)cc2s1. The molecule has 1 aromatic carbocycles. The second-order valence-electron chi connectivity index (χ2n) is 6.73. The molecule has 0 fully saturated rings. The van der Waals surface area contributed by atoms with Crippen molar-refractivity contribution < 1.29 is 9.59 Å². The third-order valence-corrected chi connectivity index (χ3v) is 8.27. The van der Waals surface area contributed by atoms with E-state index in [2.05, 4.69) is 34.4 Å². The lowest BCUT2D eigenvalue weighted by Gasteiger charge is -2.06. The molecule has 0 unspecified atom stereocenters. The molecule has 0 radical (unpaired) electrons. The van der Waals surface area contributed by atoms with E-state index in [-0.39, 0.29) is 23.3 Å². The molecule has 3 rings (SSSR count). The zero-order valence-electron chi connectivity index (χ0n) is 17.3. The van der Waals surface area contributed by atoms with Crippen molar-refractivity contribution >= 4 is 80.2 Å². The number of carbonyl (C=O) groups excluding carboxylic acids is 2. The highest BCUT2D eigenvalue weighted by atomic mass is 32.2. The molecular weight excluding hydrogens is 469 g/mol. The molecule has 0 bridgehead atoms. The number of thioether (sulfide) groups is 3. The first kappa shape index (κ1) is 23.9. The molecule has 2 N–H and O–H groups in total. The van der Waals surface area contributed by atoms with E-state index in [1.807, 2.05) is 30.0 Å². The van der Waals surface area contributed by atoms with Gasteiger partial charge in [0.1, 0.15) is 5.82 Å². The molecule has 10 heteroatoms. The Bertz CT molecular complexity index is 1010. The number of pyridine rings is 1. The number of hydrogen-bond donors (Lipinski definition) is 2. The zero-order valence-corrected chi connectivity index (χ0v) is 20.6. The summed E-state index contributed by atoms with van der Waals surface area (Å²) in [6.45, 7) is 4.41. The molecule has 2 heterocycles. The summed E-state index contributed by atoms with van der Waals surface area (Å²) in [6.07, 6.45) is 1.61. The first-order valence-electron chi connectivity index (χ1n) is 9.73. The van der Waals surface area contributed by atoms with Crippen molar-refractivity contribution in [2.75, 3.05) is 33.6 Å². The number of rotatable bonds is 11. The monoisotopic (exact) mass is 492 g/mol. The molecule has 31 heavy (non-hydrogen) atoms. The summed E-state index contributed by atoms with van der Waals surface area (Å²) in [5.41, 5.74) is 1.69. The topological polar surface area (TPSA) is 84.0 Å². The maximum Gasteiger partial charge on any atom is 0.235 e. The Morgan fingerprint density at radius 1 is 1.06 bits per heavy atom. The van der Waals surface area contributed by atoms with Crippen LogP contribution in [-0.4, -0.2) is 50.0 Å². The van der Waals surface area contributed by atoms with Crippen molar-refractivity contribution in [3.05, 3.63) is 42.6 Å². The number of nitrogens with one attached hydrogen (secondary N) is 2. The van der Waals surface area contributed by atoms with E-state index < -0.39 is 0 Å². The average molecular weight is 493 g/mol. The van der Waals surface area contributed by atoms with E-state index in [9.17, 15) is 9.59 Å². The number of fused-ring (bicyclic) bond motifs is 1. The highest BCUT2D eigenvalue weighted by Crippen LogP contribution is 2.31. The number of carbonyl (C=O) groups is 2. The van der Waals surface area contributed by atoms with Crippen LogP contribution in [-0.2, 0) is 9.59 Å². The minimum Gasteiger partial charge on any atom is -0.325 e. The predicted octanol–water partition coefficient (Wildman–Crippen LogP) is 5.24. The zero-order chi connectivity index (χ0) is 22.1. The van der Waals surface area contributed by atoms with Crippen LogP contribution in [0.25, 0.3) is 10.2 Å². The second-order valence-corrected chi connectivity index (χ2v) is 11.8. The van der Waals surface area contributed by atoms with Crippen LogP contribution in [0.2, 0.25) is 0 Å². The van der Waals surface area contributed by atoms with Crippen molar-refractivity contribution in [1.82, 2.24) is 9.97 Å². The third kappa shape index (κ3) is 8.36. The lowest BCUT2D eigenvalue weighted by atomic mass is 10.3. The average Bonchev–Trinajstić information content (AvgIpc) is 3.14. The van der Waals surface area contributed by atoms with Crippen molar-refractivity contribution in [3.8, 4) is 0 Å². The van der Waals surface area contributed by atoms with Crippen LogP contribution in [0.3, 0.4) is 0 Å². The quantitative estimate of drug-likeness (QED) is 0.280. The molecule has 3 aromatic rings. The molecule has 0 aliphatic carbocycles. The normalized spacial score (nSPS) is 11.1. The first-order valence-corrected chi connectivity index (χ1v) is 13.7. The van der Waals surface area contributed by atoms with Gasteiger partial charge in [0.25, 0.3) is 0 Å². The predicted molar refractivity (Wildman–Crippen MR) is 137 cm³/mol. The summed E-state index contributed by atoms with van der Waals surface area (Å²) >= 11 is 6.64. The van der Waals surface area contributed by atoms with Crippen LogP contribution in [0.5, 0.6) is 0 Å². The van der Waals surface area contributed by atoms with Gasteiger partial charge in [-0.05, 0) is 35.6 Å². The van der Waals surface area contributed by atoms with Crippen molar-refractivity contribution in [2.24, 2.45) is 0 Å². The molecule has 0 aliphatic heterocycles. The van der Waals surface area contributed by atoms with Gasteiger partial charge in [0.2, 0.25) is 11.8 Å². The summed E-state index contributed by atoms with van der Waals surface area (Å²) in [7, 11) is 0. The van der Waals surface area contributed by atoms with Crippen LogP contribution in [0.15, 0.2) is 46.9 Å². The molecule has 0 atom stereocenters. The number of anilines is 2. The van der Waals surface area contributed by atoms with Gasteiger partial charge in [-0.25, -0.2) is 9.97 Å². The van der Waals surface area contributed by atoms with E-state index in [1.165, 1.54) is 11.8 Å². The van der Waals surface area contributed by atoms with Gasteiger partial charge in [-0.3, -0.25) is 9.59 Å². The molecule has 2 amide bonds. The van der Waals surface area contributed by atoms with Crippen LogP contribution >= 0.6 is 46.6 Å². The number of aromatic nitrogens is 2. The standard InChI is InChI=1S/C21H24N4O2S4/c1-14(2)29-9-10-30-21-24-16-7-6-15(11-17(16)31-21)23-19(26)12-28-13-20(27)25-18-5-3-4-8-22-18/h3-8,11,14H,9-10,12-13H2,1-2H3,(H,23,26)(H,22,25,27). The van der Waals surface area contributed by atoms with E-state index in [1.54, 1.807) is 47.5 Å². The van der Waals surface area contributed by atoms with Crippen LogP contribution in [0, 0.1) is 0 Å². The largest absolute Gasteiger partial charge is 0.325 e. The van der Waals surface area contributed by atoms with Crippen molar-refractivity contribution in [3.63, 3.8) is 0 Å². The van der Waals surface area contributed by atoms with Crippen molar-refractivity contribution in [2.45, 2.75) is 23.4 Å². The van der Waals surface area contributed by atoms with Crippen LogP contribution < -0.4 is 10.6 Å². The molecule has 0 saturated heterocycles. The Labute approximate surface area is 198 Å². The summed E-state index contributed by atoms with van der Waals surface area (Å²) in [6, 6.07) is 11.1. The van der Waals surface area contributed by atoms with Crippen molar-refractivity contribution in [1.29, 1.82) is 0 Å². The maximum absolute atomic E-state index is 12.2. The van der Waals surface area contributed by atoms with Gasteiger partial charge in [-0.15, -0.1) is 23.1 Å². The molecule has 164 valence electrons. The molecule has 6 nitrogen and oxygen atoms in total. The number of benzene rings is 1. The summed E-state index contributed by atoms with van der Waals surface area (Å²) in [4.78, 5) is 32.8. The Morgan fingerprint density at radius 2 is 1.87 bits per heavy atom. The molecule has 2 aromatic heterocycles. The van der Waals surface area contributed by atoms with Gasteiger partial charge in [0, 0.05) is 23.4 Å². The van der Waals surface area contributed by atoms with Gasteiger partial charge in [-0.2, -0.15) is 11.8 Å². The Hall–Kier alpha value is -1.75. The van der Waals surface area contributed by atoms with E-state index in [0.717, 1.165) is 31.7 Å². The Balaban J connectivity index is 1.43. The van der Waals surface area contributed by atoms with Gasteiger partial charge in [0.15, 0.2) is 4.34 Å². The fraction of sp³-hybridized carbons (Fsp3) is 0.333. The number of amides is 2. The highest BCUT2D eigenvalue weighted by Gasteiger charge is 2.09. The maximum atomic E-state index is 12.2.